The van der Waals surface area contributed by atoms with Gasteiger partial charge in [0.15, 0.2) is 0 Å². The van der Waals surface area contributed by atoms with E-state index < -0.39 is 17.8 Å². The molecule has 27 heavy (non-hydrogen) atoms. The van der Waals surface area contributed by atoms with Crippen LogP contribution < -0.4 is 0 Å². The highest BCUT2D eigenvalue weighted by molar-refractivity contribution is 7.13. The number of aromatic nitrogens is 1. The van der Waals surface area contributed by atoms with E-state index in [1.54, 1.807) is 0 Å². The molecule has 0 spiro atoms. The number of imide groups is 2. The second kappa shape index (κ2) is 7.60. The molecule has 1 saturated heterocycles. The van der Waals surface area contributed by atoms with Gasteiger partial charge in [0.2, 0.25) is 0 Å². The summed E-state index contributed by atoms with van der Waals surface area (Å²) in [6, 6.07) is 7.65. The predicted octanol–water partition coefficient (Wildman–Crippen LogP) is 3.88. The Balaban J connectivity index is 1.75. The summed E-state index contributed by atoms with van der Waals surface area (Å²) in [5.41, 5.74) is 2.85. The summed E-state index contributed by atoms with van der Waals surface area (Å²) in [6.45, 7) is 8.33. The molecule has 3 rings (SSSR count). The molecule has 0 bridgehead atoms. The van der Waals surface area contributed by atoms with Crippen molar-refractivity contribution in [1.29, 1.82) is 0 Å². The number of rotatable bonds is 6. The molecular formula is C20H23N3O3S. The summed E-state index contributed by atoms with van der Waals surface area (Å²) in [7, 11) is 0. The van der Waals surface area contributed by atoms with E-state index in [2.05, 4.69) is 31.0 Å². The lowest BCUT2D eigenvalue weighted by molar-refractivity contribution is -0.143. The van der Waals surface area contributed by atoms with Crippen LogP contribution in [-0.4, -0.2) is 39.2 Å². The first kappa shape index (κ1) is 19.2. The van der Waals surface area contributed by atoms with Crippen LogP contribution >= 0.6 is 11.3 Å². The molecule has 142 valence electrons. The van der Waals surface area contributed by atoms with Gasteiger partial charge in [0.25, 0.3) is 0 Å². The Morgan fingerprint density at radius 3 is 2.19 bits per heavy atom. The van der Waals surface area contributed by atoms with Crippen LogP contribution in [0, 0.1) is 5.92 Å². The molecule has 2 aromatic rings. The first-order valence-electron chi connectivity index (χ1n) is 9.00. The van der Waals surface area contributed by atoms with Crippen molar-refractivity contribution in [3.8, 4) is 10.6 Å². The molecule has 2 heterocycles. The maximum atomic E-state index is 12.4. The van der Waals surface area contributed by atoms with Gasteiger partial charge in [-0.1, -0.05) is 52.0 Å². The molecular weight excluding hydrogens is 362 g/mol. The number of hydrogen-bond donors (Lipinski definition) is 0. The van der Waals surface area contributed by atoms with Crippen LogP contribution in [0.3, 0.4) is 0 Å². The molecule has 6 nitrogen and oxygen atoms in total. The molecule has 4 amide bonds. The van der Waals surface area contributed by atoms with Gasteiger partial charge in [-0.05, 0) is 17.4 Å². The third-order valence-corrected chi connectivity index (χ3v) is 5.32. The highest BCUT2D eigenvalue weighted by Crippen LogP contribution is 2.27. The number of thiazole rings is 1. The van der Waals surface area contributed by atoms with E-state index in [4.69, 9.17) is 0 Å². The van der Waals surface area contributed by atoms with Gasteiger partial charge in [-0.25, -0.2) is 14.7 Å². The summed E-state index contributed by atoms with van der Waals surface area (Å²) in [5.74, 6) is -0.973. The first-order chi connectivity index (χ1) is 12.8. The summed E-state index contributed by atoms with van der Waals surface area (Å²) in [5, 5.41) is 2.65. The Bertz CT molecular complexity index is 871. The fourth-order valence-corrected chi connectivity index (χ4v) is 3.72. The van der Waals surface area contributed by atoms with Crippen LogP contribution in [0.25, 0.3) is 10.6 Å². The molecule has 0 N–H and O–H groups in total. The zero-order chi connectivity index (χ0) is 19.7. The molecule has 1 aliphatic rings. The van der Waals surface area contributed by atoms with Gasteiger partial charge in [-0.2, -0.15) is 0 Å². The molecule has 0 aliphatic carbocycles. The Hall–Kier alpha value is -2.54. The van der Waals surface area contributed by atoms with Crippen LogP contribution in [0.1, 0.15) is 44.9 Å². The Morgan fingerprint density at radius 1 is 0.963 bits per heavy atom. The quantitative estimate of drug-likeness (QED) is 0.559. The largest absolute Gasteiger partial charge is 0.334 e. The molecule has 0 radical (unpaired) electrons. The second-order valence-electron chi connectivity index (χ2n) is 7.40. The summed E-state index contributed by atoms with van der Waals surface area (Å²) in [4.78, 5) is 43.2. The van der Waals surface area contributed by atoms with Crippen molar-refractivity contribution in [3.63, 3.8) is 0 Å². The van der Waals surface area contributed by atoms with Crippen molar-refractivity contribution in [2.75, 3.05) is 6.54 Å². The van der Waals surface area contributed by atoms with Crippen molar-refractivity contribution in [1.82, 2.24) is 14.8 Å². The number of urea groups is 1. The molecule has 0 saturated carbocycles. The van der Waals surface area contributed by atoms with E-state index >= 15 is 0 Å². The van der Waals surface area contributed by atoms with Crippen LogP contribution in [0.5, 0.6) is 0 Å². The van der Waals surface area contributed by atoms with Crippen molar-refractivity contribution in [2.24, 2.45) is 5.92 Å². The van der Waals surface area contributed by atoms with E-state index in [1.807, 2.05) is 31.4 Å². The van der Waals surface area contributed by atoms with Crippen LogP contribution in [-0.2, 0) is 16.1 Å². The third-order valence-electron chi connectivity index (χ3n) is 4.38. The Labute approximate surface area is 162 Å². The molecule has 7 heteroatoms. The topological polar surface area (TPSA) is 70.6 Å². The molecule has 1 fully saturated rings. The lowest BCUT2D eigenvalue weighted by atomic mass is 10.0. The van der Waals surface area contributed by atoms with Crippen LogP contribution in [0.4, 0.5) is 4.79 Å². The van der Waals surface area contributed by atoms with Crippen molar-refractivity contribution < 1.29 is 14.4 Å². The normalized spacial score (nSPS) is 15.0. The Kier molecular flexibility index (Phi) is 5.41. The number of benzene rings is 1. The first-order valence-corrected chi connectivity index (χ1v) is 9.88. The van der Waals surface area contributed by atoms with Gasteiger partial charge in [0.05, 0.1) is 12.2 Å². The minimum Gasteiger partial charge on any atom is -0.263 e. The highest BCUT2D eigenvalue weighted by atomic mass is 32.1. The fourth-order valence-electron chi connectivity index (χ4n) is 2.90. The number of carbonyl (C=O) groups excluding carboxylic acids is 3. The monoisotopic (exact) mass is 385 g/mol. The number of nitrogens with zero attached hydrogens (tertiary/aromatic N) is 3. The molecule has 0 atom stereocenters. The summed E-state index contributed by atoms with van der Waals surface area (Å²) < 4.78 is 0. The van der Waals surface area contributed by atoms with Crippen molar-refractivity contribution in [2.45, 2.75) is 40.2 Å². The summed E-state index contributed by atoms with van der Waals surface area (Å²) in [6.07, 6.45) is 0. The van der Waals surface area contributed by atoms with Crippen molar-refractivity contribution in [3.05, 3.63) is 40.9 Å². The van der Waals surface area contributed by atoms with E-state index in [0.29, 0.717) is 11.6 Å². The van der Waals surface area contributed by atoms with Crippen molar-refractivity contribution >= 4 is 29.2 Å². The lowest BCUT2D eigenvalue weighted by Crippen LogP contribution is -2.35. The molecule has 1 aromatic heterocycles. The van der Waals surface area contributed by atoms with Crippen LogP contribution in [0.15, 0.2) is 29.6 Å². The molecule has 0 unspecified atom stereocenters. The van der Waals surface area contributed by atoms with Gasteiger partial charge in [-0.3, -0.25) is 14.5 Å². The average Bonchev–Trinajstić information content (AvgIpc) is 3.17. The summed E-state index contributed by atoms with van der Waals surface area (Å²) >= 11 is 1.46. The van der Waals surface area contributed by atoms with E-state index in [-0.39, 0.29) is 19.0 Å². The zero-order valence-corrected chi connectivity index (χ0v) is 16.7. The van der Waals surface area contributed by atoms with E-state index in [1.165, 1.54) is 16.9 Å². The third kappa shape index (κ3) is 3.93. The maximum absolute atomic E-state index is 12.4. The van der Waals surface area contributed by atoms with E-state index in [9.17, 15) is 14.4 Å². The average molecular weight is 385 g/mol. The number of amides is 4. The van der Waals surface area contributed by atoms with Crippen LogP contribution in [0.2, 0.25) is 0 Å². The standard InChI is InChI=1S/C20H23N3O3S/c1-12(2)9-22-18(24)19(25)23(20(22)26)10-16-11-27-17(21-16)15-7-5-14(6-8-15)13(3)4/h5-8,11-13H,9-10H2,1-4H3. The van der Waals surface area contributed by atoms with Gasteiger partial charge in [0, 0.05) is 17.5 Å². The number of carbonyl (C=O) groups is 3. The zero-order valence-electron chi connectivity index (χ0n) is 15.9. The smallest absolute Gasteiger partial charge is 0.263 e. The Morgan fingerprint density at radius 2 is 1.59 bits per heavy atom. The lowest BCUT2D eigenvalue weighted by Gasteiger charge is -2.16. The van der Waals surface area contributed by atoms with Gasteiger partial charge < -0.3 is 0 Å². The predicted molar refractivity (Wildman–Crippen MR) is 104 cm³/mol. The fraction of sp³-hybridized carbons (Fsp3) is 0.400. The van der Waals surface area contributed by atoms with Gasteiger partial charge in [0.1, 0.15) is 5.01 Å². The minimum absolute atomic E-state index is 0.0125. The maximum Gasteiger partial charge on any atom is 0.334 e. The van der Waals surface area contributed by atoms with Gasteiger partial charge >= 0.3 is 17.8 Å². The van der Waals surface area contributed by atoms with Gasteiger partial charge in [-0.15, -0.1) is 11.3 Å². The highest BCUT2D eigenvalue weighted by Gasteiger charge is 2.44. The minimum atomic E-state index is -0.781. The molecule has 1 aliphatic heterocycles. The van der Waals surface area contributed by atoms with E-state index in [0.717, 1.165) is 20.4 Å². The number of hydrogen-bond acceptors (Lipinski definition) is 5. The molecule has 1 aromatic carbocycles. The SMILES string of the molecule is CC(C)CN1C(=O)C(=O)N(Cc2csc(-c3ccc(C(C)C)cc3)n2)C1=O. The second-order valence-corrected chi connectivity index (χ2v) is 8.26.